The third-order valence-corrected chi connectivity index (χ3v) is 6.83. The summed E-state index contributed by atoms with van der Waals surface area (Å²) in [4.78, 5) is 29.4. The van der Waals surface area contributed by atoms with Crippen molar-refractivity contribution in [3.8, 4) is 16.9 Å². The van der Waals surface area contributed by atoms with Crippen molar-refractivity contribution < 1.29 is 28.2 Å². The van der Waals surface area contributed by atoms with Crippen molar-refractivity contribution >= 4 is 35.1 Å². The van der Waals surface area contributed by atoms with Gasteiger partial charge in [0.25, 0.3) is 0 Å². The van der Waals surface area contributed by atoms with E-state index in [1.54, 1.807) is 6.92 Å². The minimum absolute atomic E-state index is 0.0733. The lowest BCUT2D eigenvalue weighted by molar-refractivity contribution is -0.136. The van der Waals surface area contributed by atoms with Crippen molar-refractivity contribution in [2.24, 2.45) is 0 Å². The van der Waals surface area contributed by atoms with E-state index in [9.17, 15) is 19.1 Å². The van der Waals surface area contributed by atoms with Crippen molar-refractivity contribution in [1.82, 2.24) is 9.55 Å². The van der Waals surface area contributed by atoms with E-state index in [1.807, 2.05) is 0 Å². The zero-order valence-electron chi connectivity index (χ0n) is 19.5. The Labute approximate surface area is 216 Å². The molecule has 0 amide bonds. The van der Waals surface area contributed by atoms with Crippen LogP contribution in [0.25, 0.3) is 16.9 Å². The number of esters is 1. The minimum atomic E-state index is -1.17. The van der Waals surface area contributed by atoms with Gasteiger partial charge >= 0.3 is 11.9 Å². The molecule has 1 saturated carbocycles. The summed E-state index contributed by atoms with van der Waals surface area (Å²) in [6, 6.07) is 6.58. The van der Waals surface area contributed by atoms with E-state index in [2.05, 4.69) is 4.98 Å². The lowest BCUT2D eigenvalue weighted by atomic mass is 9.88. The Morgan fingerprint density at radius 2 is 1.83 bits per heavy atom. The molecule has 1 aliphatic rings. The van der Waals surface area contributed by atoms with Gasteiger partial charge in [-0.3, -0.25) is 9.36 Å². The van der Waals surface area contributed by atoms with Gasteiger partial charge in [0, 0.05) is 11.5 Å². The number of halogens is 4. The van der Waals surface area contributed by atoms with Crippen molar-refractivity contribution in [3.05, 3.63) is 69.1 Å². The van der Waals surface area contributed by atoms with E-state index in [0.29, 0.717) is 11.4 Å². The highest BCUT2D eigenvalue weighted by Crippen LogP contribution is 2.41. The van der Waals surface area contributed by atoms with Crippen LogP contribution >= 0.6 is 23.2 Å². The predicted octanol–water partition coefficient (Wildman–Crippen LogP) is 6.98. The quantitative estimate of drug-likeness (QED) is 0.329. The molecule has 0 saturated heterocycles. The van der Waals surface area contributed by atoms with E-state index in [0.717, 1.165) is 38.2 Å². The Bertz CT molecular complexity index is 1320. The van der Waals surface area contributed by atoms with Crippen molar-refractivity contribution in [1.29, 1.82) is 0 Å². The lowest BCUT2D eigenvalue weighted by Crippen LogP contribution is -2.16. The van der Waals surface area contributed by atoms with E-state index in [-0.39, 0.29) is 45.2 Å². The van der Waals surface area contributed by atoms with Crippen molar-refractivity contribution in [3.63, 3.8) is 0 Å². The Morgan fingerprint density at radius 1 is 1.11 bits per heavy atom. The summed E-state index contributed by atoms with van der Waals surface area (Å²) in [5.74, 6) is -3.18. The lowest BCUT2D eigenvalue weighted by Gasteiger charge is -2.24. The number of carboxylic acid groups (broad SMARTS) is 1. The first-order valence-electron chi connectivity index (χ1n) is 11.7. The average Bonchev–Trinajstić information content (AvgIpc) is 3.24. The molecule has 1 aromatic heterocycles. The van der Waals surface area contributed by atoms with Crippen LogP contribution in [0.15, 0.2) is 30.3 Å². The summed E-state index contributed by atoms with van der Waals surface area (Å²) in [6.45, 7) is 1.72. The number of carbonyl (C=O) groups is 2. The standard InChI is InChI=1S/C26H24Cl2F2N2O4/c1-2-36-26(35)22-24(15-9-11-19(29)18(28)12-15)32(25(31-22)14-6-4-3-5-7-14)23-16(13-20(33)34)8-10-17(27)21(23)30/h8-12,14H,2-7,13H2,1H3,(H,33,34). The van der Waals surface area contributed by atoms with Gasteiger partial charge < -0.3 is 9.84 Å². The molecule has 0 bridgehead atoms. The van der Waals surface area contributed by atoms with Crippen LogP contribution in [-0.2, 0) is 16.0 Å². The molecule has 36 heavy (non-hydrogen) atoms. The number of aromatic nitrogens is 2. The van der Waals surface area contributed by atoms with E-state index >= 15 is 4.39 Å². The summed E-state index contributed by atoms with van der Waals surface area (Å²) in [5, 5.41) is 9.10. The normalized spacial score (nSPS) is 14.1. The number of aliphatic carboxylic acids is 1. The topological polar surface area (TPSA) is 81.4 Å². The minimum Gasteiger partial charge on any atom is -0.481 e. The molecule has 6 nitrogen and oxygen atoms in total. The Morgan fingerprint density at radius 3 is 2.47 bits per heavy atom. The van der Waals surface area contributed by atoms with Gasteiger partial charge in [-0.1, -0.05) is 48.5 Å². The van der Waals surface area contributed by atoms with Crippen LogP contribution in [-0.4, -0.2) is 33.2 Å². The number of hydrogen-bond donors (Lipinski definition) is 1. The first-order chi connectivity index (χ1) is 17.2. The molecule has 10 heteroatoms. The maximum absolute atomic E-state index is 15.8. The first-order valence-corrected chi connectivity index (χ1v) is 12.4. The van der Waals surface area contributed by atoms with Gasteiger partial charge in [-0.05, 0) is 49.6 Å². The van der Waals surface area contributed by atoms with Gasteiger partial charge in [0.05, 0.1) is 34.5 Å². The third kappa shape index (κ3) is 5.11. The number of ether oxygens (including phenoxy) is 1. The fraction of sp³-hybridized carbons (Fsp3) is 0.346. The van der Waals surface area contributed by atoms with Crippen LogP contribution in [0.3, 0.4) is 0 Å². The van der Waals surface area contributed by atoms with Crippen molar-refractivity contribution in [2.45, 2.75) is 51.4 Å². The summed E-state index contributed by atoms with van der Waals surface area (Å²) >= 11 is 12.2. The molecule has 190 valence electrons. The van der Waals surface area contributed by atoms with Crippen LogP contribution < -0.4 is 0 Å². The summed E-state index contributed by atoms with van der Waals surface area (Å²) < 4.78 is 36.5. The molecule has 4 rings (SSSR count). The van der Waals surface area contributed by atoms with E-state index in [4.69, 9.17) is 27.9 Å². The maximum atomic E-state index is 15.8. The Kier molecular flexibility index (Phi) is 7.95. The zero-order valence-corrected chi connectivity index (χ0v) is 21.0. The summed E-state index contributed by atoms with van der Waals surface area (Å²) in [7, 11) is 0. The molecule has 1 N–H and O–H groups in total. The van der Waals surface area contributed by atoms with Gasteiger partial charge in [-0.25, -0.2) is 18.6 Å². The average molecular weight is 537 g/mol. The van der Waals surface area contributed by atoms with Gasteiger partial charge in [0.1, 0.15) is 11.6 Å². The molecule has 0 unspecified atom stereocenters. The van der Waals surface area contributed by atoms with Crippen LogP contribution in [0, 0.1) is 11.6 Å². The Hall–Kier alpha value is -2.97. The second kappa shape index (κ2) is 11.0. The molecule has 0 spiro atoms. The molecule has 0 aliphatic heterocycles. The largest absolute Gasteiger partial charge is 0.481 e. The number of carbonyl (C=O) groups excluding carboxylic acids is 1. The molecule has 0 radical (unpaired) electrons. The SMILES string of the molecule is CCOC(=O)c1nc(C2CCCCC2)n(-c2c(CC(=O)O)ccc(Cl)c2F)c1-c1ccc(F)c(Cl)c1. The van der Waals surface area contributed by atoms with Crippen molar-refractivity contribution in [2.75, 3.05) is 6.61 Å². The number of benzene rings is 2. The smallest absolute Gasteiger partial charge is 0.359 e. The van der Waals surface area contributed by atoms with Crippen LogP contribution in [0.2, 0.25) is 10.0 Å². The van der Waals surface area contributed by atoms with Crippen LogP contribution in [0.5, 0.6) is 0 Å². The van der Waals surface area contributed by atoms with E-state index in [1.165, 1.54) is 28.8 Å². The zero-order chi connectivity index (χ0) is 26.0. The van der Waals surface area contributed by atoms with Crippen LogP contribution in [0.1, 0.15) is 66.8 Å². The molecule has 1 aliphatic carbocycles. The number of imidazole rings is 1. The molecular weight excluding hydrogens is 513 g/mol. The summed E-state index contributed by atoms with van der Waals surface area (Å²) in [6.07, 6.45) is 3.88. The summed E-state index contributed by atoms with van der Waals surface area (Å²) in [5.41, 5.74) is 0.344. The molecule has 3 aromatic rings. The van der Waals surface area contributed by atoms with Gasteiger partial charge in [-0.2, -0.15) is 0 Å². The number of carboxylic acids is 1. The Balaban J connectivity index is 2.12. The number of rotatable bonds is 7. The predicted molar refractivity (Wildman–Crippen MR) is 132 cm³/mol. The highest BCUT2D eigenvalue weighted by atomic mass is 35.5. The second-order valence-electron chi connectivity index (χ2n) is 8.63. The highest BCUT2D eigenvalue weighted by molar-refractivity contribution is 6.31. The fourth-order valence-electron chi connectivity index (χ4n) is 4.68. The monoisotopic (exact) mass is 536 g/mol. The van der Waals surface area contributed by atoms with Gasteiger partial charge in [0.15, 0.2) is 11.5 Å². The first kappa shape index (κ1) is 26.1. The van der Waals surface area contributed by atoms with Gasteiger partial charge in [-0.15, -0.1) is 0 Å². The molecular formula is C26H24Cl2F2N2O4. The number of hydrogen-bond acceptors (Lipinski definition) is 4. The maximum Gasteiger partial charge on any atom is 0.359 e. The molecule has 0 atom stereocenters. The molecule has 1 fully saturated rings. The van der Waals surface area contributed by atoms with E-state index < -0.39 is 30.0 Å². The van der Waals surface area contributed by atoms with Gasteiger partial charge in [0.2, 0.25) is 0 Å². The second-order valence-corrected chi connectivity index (χ2v) is 9.44. The number of nitrogens with zero attached hydrogens (tertiary/aromatic N) is 2. The third-order valence-electron chi connectivity index (χ3n) is 6.25. The highest BCUT2D eigenvalue weighted by Gasteiger charge is 2.33. The molecule has 1 heterocycles. The molecule has 2 aromatic carbocycles. The van der Waals surface area contributed by atoms with Crippen LogP contribution in [0.4, 0.5) is 8.78 Å². The fourth-order valence-corrected chi connectivity index (χ4v) is 5.01.